The maximum Gasteiger partial charge on any atom is 0.143 e. The smallest absolute Gasteiger partial charge is 0.143 e. The Morgan fingerprint density at radius 1 is 0.267 bits per heavy atom. The van der Waals surface area contributed by atoms with Crippen LogP contribution >= 0.6 is 0 Å². The largest absolute Gasteiger partial charge is 0.455 e. The second kappa shape index (κ2) is 15.2. The lowest BCUT2D eigenvalue weighted by Gasteiger charge is -2.23. The maximum absolute atomic E-state index is 6.46. The summed E-state index contributed by atoms with van der Waals surface area (Å²) < 4.78 is 6.46. The molecule has 0 N–H and O–H groups in total. The van der Waals surface area contributed by atoms with Gasteiger partial charge in [-0.15, -0.1) is 0 Å². The summed E-state index contributed by atoms with van der Waals surface area (Å²) >= 11 is 0. The SMILES string of the molecule is c1ccc(-c2ccc(-c3ccc(C(c4cccc(-c5cccc(-c6cccc7c6oc6ccccc67)c5)c4)c4ccc(-c5ccccc5)c5ccccc45)cc3)cc2)cc1. The van der Waals surface area contributed by atoms with E-state index in [0.29, 0.717) is 0 Å². The highest BCUT2D eigenvalue weighted by Gasteiger charge is 2.22. The van der Waals surface area contributed by atoms with Crippen LogP contribution < -0.4 is 0 Å². The lowest BCUT2D eigenvalue weighted by atomic mass is 9.80. The molecular weight excluding hydrogens is 725 g/mol. The zero-order chi connectivity index (χ0) is 39.8. The van der Waals surface area contributed by atoms with Gasteiger partial charge in [0.15, 0.2) is 0 Å². The Balaban J connectivity index is 1.02. The minimum Gasteiger partial charge on any atom is -0.455 e. The number of fused-ring (bicyclic) bond motifs is 4. The van der Waals surface area contributed by atoms with Gasteiger partial charge < -0.3 is 4.42 Å². The molecule has 1 atom stereocenters. The van der Waals surface area contributed by atoms with Crippen LogP contribution in [0.1, 0.15) is 22.6 Å². The van der Waals surface area contributed by atoms with Crippen molar-refractivity contribution in [1.29, 1.82) is 0 Å². The summed E-state index contributed by atoms with van der Waals surface area (Å²) in [6.07, 6.45) is 0. The number of hydrogen-bond donors (Lipinski definition) is 0. The van der Waals surface area contributed by atoms with E-state index in [1.54, 1.807) is 0 Å². The van der Waals surface area contributed by atoms with Gasteiger partial charge in [0.1, 0.15) is 11.2 Å². The molecule has 1 unspecified atom stereocenters. The molecule has 282 valence electrons. The lowest BCUT2D eigenvalue weighted by molar-refractivity contribution is 0.670. The van der Waals surface area contributed by atoms with Gasteiger partial charge in [-0.3, -0.25) is 0 Å². The Hall–Kier alpha value is -7.74. The van der Waals surface area contributed by atoms with E-state index in [2.05, 4.69) is 224 Å². The minimum atomic E-state index is -0.0124. The Morgan fingerprint density at radius 2 is 0.783 bits per heavy atom. The van der Waals surface area contributed by atoms with Crippen LogP contribution in [0, 0.1) is 0 Å². The third-order valence-corrected chi connectivity index (χ3v) is 12.1. The molecule has 10 aromatic carbocycles. The molecule has 0 saturated heterocycles. The standard InChI is InChI=1S/C59H40O/c1-3-14-40(15-4-1)41-28-30-42(31-29-41)43-32-34-45(35-33-43)58(55-37-36-50(44-16-5-2-6-17-44)52-22-7-8-23-53(52)55)49-21-12-19-47(39-49)46-18-11-20-48(38-46)51-25-13-26-56-54-24-9-10-27-57(54)60-59(51)56/h1-39,58H. The summed E-state index contributed by atoms with van der Waals surface area (Å²) in [6, 6.07) is 85.7. The molecule has 0 amide bonds. The van der Waals surface area contributed by atoms with Crippen molar-refractivity contribution in [2.75, 3.05) is 0 Å². The zero-order valence-electron chi connectivity index (χ0n) is 33.0. The number of hydrogen-bond acceptors (Lipinski definition) is 1. The predicted molar refractivity (Wildman–Crippen MR) is 252 cm³/mol. The van der Waals surface area contributed by atoms with Crippen molar-refractivity contribution >= 4 is 32.7 Å². The number of rotatable bonds is 8. The van der Waals surface area contributed by atoms with Crippen molar-refractivity contribution in [1.82, 2.24) is 0 Å². The summed E-state index contributed by atoms with van der Waals surface area (Å²) in [4.78, 5) is 0. The Kier molecular flexibility index (Phi) is 8.98. The second-order valence-corrected chi connectivity index (χ2v) is 15.6. The highest BCUT2D eigenvalue weighted by molar-refractivity contribution is 6.09. The first-order valence-electron chi connectivity index (χ1n) is 20.7. The molecule has 0 spiro atoms. The lowest BCUT2D eigenvalue weighted by Crippen LogP contribution is -2.05. The topological polar surface area (TPSA) is 13.1 Å². The van der Waals surface area contributed by atoms with E-state index in [4.69, 9.17) is 4.42 Å². The normalized spacial score (nSPS) is 11.9. The summed E-state index contributed by atoms with van der Waals surface area (Å²) in [5.41, 5.74) is 17.5. The minimum absolute atomic E-state index is 0.0124. The highest BCUT2D eigenvalue weighted by Crippen LogP contribution is 2.42. The van der Waals surface area contributed by atoms with Crippen LogP contribution in [0.2, 0.25) is 0 Å². The molecule has 1 heteroatoms. The maximum atomic E-state index is 6.46. The van der Waals surface area contributed by atoms with Crippen LogP contribution in [-0.4, -0.2) is 0 Å². The third kappa shape index (κ3) is 6.47. The molecular formula is C59H40O. The van der Waals surface area contributed by atoms with Gasteiger partial charge in [-0.05, 0) is 89.7 Å². The molecule has 0 saturated carbocycles. The van der Waals surface area contributed by atoms with Crippen LogP contribution in [-0.2, 0) is 0 Å². The second-order valence-electron chi connectivity index (χ2n) is 15.6. The van der Waals surface area contributed by atoms with Gasteiger partial charge in [0.05, 0.1) is 0 Å². The number of furan rings is 1. The van der Waals surface area contributed by atoms with E-state index in [-0.39, 0.29) is 5.92 Å². The van der Waals surface area contributed by atoms with Crippen molar-refractivity contribution in [2.24, 2.45) is 0 Å². The first-order valence-corrected chi connectivity index (χ1v) is 20.7. The average Bonchev–Trinajstić information content (AvgIpc) is 3.72. The summed E-state index contributed by atoms with van der Waals surface area (Å²) in [6.45, 7) is 0. The monoisotopic (exact) mass is 764 g/mol. The predicted octanol–water partition coefficient (Wildman–Crippen LogP) is 16.3. The molecule has 0 aliphatic heterocycles. The quantitative estimate of drug-likeness (QED) is 0.140. The molecule has 11 rings (SSSR count). The number of para-hydroxylation sites is 2. The van der Waals surface area contributed by atoms with Gasteiger partial charge in [-0.25, -0.2) is 0 Å². The molecule has 60 heavy (non-hydrogen) atoms. The summed E-state index contributed by atoms with van der Waals surface area (Å²) in [5, 5.41) is 4.79. The molecule has 0 bridgehead atoms. The van der Waals surface area contributed by atoms with E-state index in [0.717, 1.165) is 33.1 Å². The molecule has 0 radical (unpaired) electrons. The average molecular weight is 765 g/mol. The fourth-order valence-electron chi connectivity index (χ4n) is 9.09. The Bertz CT molecular complexity index is 3280. The van der Waals surface area contributed by atoms with Crippen LogP contribution in [0.4, 0.5) is 0 Å². The molecule has 1 aromatic heterocycles. The van der Waals surface area contributed by atoms with E-state index in [1.807, 2.05) is 12.1 Å². The summed E-state index contributed by atoms with van der Waals surface area (Å²) in [7, 11) is 0. The van der Waals surface area contributed by atoms with Crippen molar-refractivity contribution < 1.29 is 4.42 Å². The van der Waals surface area contributed by atoms with E-state index in [9.17, 15) is 0 Å². The number of benzene rings is 10. The zero-order valence-corrected chi connectivity index (χ0v) is 33.0. The first-order chi connectivity index (χ1) is 29.7. The van der Waals surface area contributed by atoms with Crippen molar-refractivity contribution in [3.8, 4) is 55.6 Å². The summed E-state index contributed by atoms with van der Waals surface area (Å²) in [5.74, 6) is -0.0124. The van der Waals surface area contributed by atoms with Gasteiger partial charge in [-0.1, -0.05) is 224 Å². The molecule has 0 aliphatic carbocycles. The van der Waals surface area contributed by atoms with Crippen molar-refractivity contribution in [2.45, 2.75) is 5.92 Å². The Morgan fingerprint density at radius 3 is 1.52 bits per heavy atom. The van der Waals surface area contributed by atoms with Gasteiger partial charge in [-0.2, -0.15) is 0 Å². The van der Waals surface area contributed by atoms with Gasteiger partial charge in [0, 0.05) is 22.3 Å². The Labute approximate surface area is 350 Å². The van der Waals surface area contributed by atoms with Gasteiger partial charge in [0.25, 0.3) is 0 Å². The van der Waals surface area contributed by atoms with Crippen LogP contribution in [0.25, 0.3) is 88.3 Å². The molecule has 1 heterocycles. The van der Waals surface area contributed by atoms with Crippen LogP contribution in [0.5, 0.6) is 0 Å². The molecule has 1 nitrogen and oxygen atoms in total. The van der Waals surface area contributed by atoms with Crippen LogP contribution in [0.3, 0.4) is 0 Å². The fourth-order valence-corrected chi connectivity index (χ4v) is 9.09. The molecule has 0 fully saturated rings. The van der Waals surface area contributed by atoms with E-state index >= 15 is 0 Å². The van der Waals surface area contributed by atoms with E-state index < -0.39 is 0 Å². The van der Waals surface area contributed by atoms with E-state index in [1.165, 1.54) is 72.0 Å². The van der Waals surface area contributed by atoms with Gasteiger partial charge >= 0.3 is 0 Å². The van der Waals surface area contributed by atoms with Gasteiger partial charge in [0.2, 0.25) is 0 Å². The first kappa shape index (κ1) is 35.4. The fraction of sp³-hybridized carbons (Fsp3) is 0.0169. The third-order valence-electron chi connectivity index (χ3n) is 12.1. The van der Waals surface area contributed by atoms with Crippen LogP contribution in [0.15, 0.2) is 241 Å². The molecule has 11 aromatic rings. The molecule has 0 aliphatic rings. The highest BCUT2D eigenvalue weighted by atomic mass is 16.3. The van der Waals surface area contributed by atoms with Crippen molar-refractivity contribution in [3.05, 3.63) is 253 Å². The van der Waals surface area contributed by atoms with Crippen molar-refractivity contribution in [3.63, 3.8) is 0 Å².